The lowest BCUT2D eigenvalue weighted by Crippen LogP contribution is -2.58. The largest absolute Gasteiger partial charge is 0.481 e. The van der Waals surface area contributed by atoms with Crippen LogP contribution in [-0.2, 0) is 36.8 Å². The molecule has 0 saturated carbocycles. The van der Waals surface area contributed by atoms with Gasteiger partial charge in [-0.05, 0) is 24.5 Å². The van der Waals surface area contributed by atoms with Gasteiger partial charge in [-0.3, -0.25) is 24.2 Å². The van der Waals surface area contributed by atoms with Crippen LogP contribution in [-0.4, -0.2) is 91.5 Å². The van der Waals surface area contributed by atoms with E-state index in [1.165, 1.54) is 12.5 Å². The number of benzene rings is 1. The average molecular weight is 613 g/mol. The number of nitrogens with one attached hydrogen (secondary N) is 5. The summed E-state index contributed by atoms with van der Waals surface area (Å²) in [4.78, 5) is 76.4. The van der Waals surface area contributed by atoms with Crippen molar-refractivity contribution in [2.45, 2.75) is 56.3 Å². The van der Waals surface area contributed by atoms with E-state index in [1.54, 1.807) is 12.3 Å². The maximum absolute atomic E-state index is 13.6. The Morgan fingerprint density at radius 3 is 2.20 bits per heavy atom. The number of rotatable bonds is 17. The van der Waals surface area contributed by atoms with Gasteiger partial charge in [0.2, 0.25) is 17.7 Å². The van der Waals surface area contributed by atoms with Crippen LogP contribution in [0.4, 0.5) is 0 Å². The van der Waals surface area contributed by atoms with Crippen molar-refractivity contribution in [3.63, 3.8) is 0 Å². The molecule has 17 heteroatoms. The van der Waals surface area contributed by atoms with Crippen LogP contribution in [0.25, 0.3) is 10.9 Å². The molecule has 17 nitrogen and oxygen atoms in total. The number of carboxylic acid groups (broad SMARTS) is 2. The molecule has 4 atom stereocenters. The fourth-order valence-corrected chi connectivity index (χ4v) is 4.42. The van der Waals surface area contributed by atoms with Crippen LogP contribution in [0, 0.1) is 0 Å². The van der Waals surface area contributed by atoms with E-state index in [4.69, 9.17) is 22.3 Å². The summed E-state index contributed by atoms with van der Waals surface area (Å²) in [6, 6.07) is 1.96. The quantitative estimate of drug-likeness (QED) is 0.0455. The number of aromatic amines is 2. The number of imidazole rings is 1. The Bertz CT molecular complexity index is 1480. The zero-order valence-electron chi connectivity index (χ0n) is 23.7. The molecule has 0 fully saturated rings. The number of nitrogens with two attached hydrogens (primary N) is 3. The van der Waals surface area contributed by atoms with Crippen molar-refractivity contribution < 1.29 is 34.2 Å². The summed E-state index contributed by atoms with van der Waals surface area (Å²) in [6.45, 7) is 0.149. The van der Waals surface area contributed by atoms with Gasteiger partial charge in [-0.2, -0.15) is 0 Å². The minimum atomic E-state index is -1.44. The van der Waals surface area contributed by atoms with Gasteiger partial charge in [0, 0.05) is 48.4 Å². The summed E-state index contributed by atoms with van der Waals surface area (Å²) in [7, 11) is 0. The van der Waals surface area contributed by atoms with E-state index in [0.29, 0.717) is 11.3 Å². The van der Waals surface area contributed by atoms with E-state index in [-0.39, 0.29) is 38.2 Å². The Morgan fingerprint density at radius 1 is 0.909 bits per heavy atom. The molecule has 2 aromatic heterocycles. The molecule has 13 N–H and O–H groups in total. The van der Waals surface area contributed by atoms with Crippen LogP contribution in [0.3, 0.4) is 0 Å². The lowest BCUT2D eigenvalue weighted by atomic mass is 10.0. The van der Waals surface area contributed by atoms with Gasteiger partial charge in [0.1, 0.15) is 18.1 Å². The number of amides is 3. The standard InChI is InChI=1S/C27H36N10O7/c28-17(10-22(38)39)23(40)36-21(9-15-12-31-13-34-15)25(42)37-20(8-14-11-33-18-5-2-1-4-16(14)18)24(41)35-19(26(43)44)6-3-7-32-27(29)30/h1-2,4-5,11-13,17,19-21,33H,3,6-10,28H2,(H,31,34)(H,35,41)(H,36,40)(H,37,42)(H,38,39)(H,43,44)(H4,29,30,32). The highest BCUT2D eigenvalue weighted by molar-refractivity contribution is 5.95. The fraction of sp³-hybridized carbons (Fsp3) is 0.370. The smallest absolute Gasteiger partial charge is 0.326 e. The lowest BCUT2D eigenvalue weighted by Gasteiger charge is -2.25. The minimum absolute atomic E-state index is 0.00553. The SMILES string of the molecule is NC(N)=NCCCC(NC(=O)C(Cc1c[nH]c2ccccc12)NC(=O)C(Cc1cnc[nH]1)NC(=O)C(N)CC(=O)O)C(=O)O. The molecule has 0 aliphatic heterocycles. The maximum atomic E-state index is 13.6. The number of hydrogen-bond donors (Lipinski definition) is 10. The number of aromatic nitrogens is 3. The Balaban J connectivity index is 1.85. The first-order chi connectivity index (χ1) is 20.9. The zero-order valence-corrected chi connectivity index (χ0v) is 23.7. The predicted octanol–water partition coefficient (Wildman–Crippen LogP) is -1.93. The number of aliphatic imine (C=N–C) groups is 1. The highest BCUT2D eigenvalue weighted by atomic mass is 16.4. The van der Waals surface area contributed by atoms with E-state index in [1.807, 2.05) is 18.2 Å². The van der Waals surface area contributed by atoms with Crippen molar-refractivity contribution in [3.05, 3.63) is 54.2 Å². The van der Waals surface area contributed by atoms with Gasteiger partial charge in [0.15, 0.2) is 5.96 Å². The molecular weight excluding hydrogens is 576 g/mol. The summed E-state index contributed by atoms with van der Waals surface area (Å²) in [6.07, 6.45) is 3.93. The third-order valence-electron chi connectivity index (χ3n) is 6.63. The van der Waals surface area contributed by atoms with Crippen LogP contribution in [0.1, 0.15) is 30.5 Å². The normalized spacial score (nSPS) is 13.7. The molecule has 0 aliphatic rings. The Hall–Kier alpha value is -5.45. The first-order valence-electron chi connectivity index (χ1n) is 13.6. The van der Waals surface area contributed by atoms with Crippen molar-refractivity contribution in [2.24, 2.45) is 22.2 Å². The highest BCUT2D eigenvalue weighted by Gasteiger charge is 2.31. The molecule has 0 aliphatic carbocycles. The number of nitrogens with zero attached hydrogens (tertiary/aromatic N) is 2. The molecule has 1 aromatic carbocycles. The van der Waals surface area contributed by atoms with E-state index >= 15 is 0 Å². The Labute approximate surface area is 251 Å². The maximum Gasteiger partial charge on any atom is 0.326 e. The molecule has 0 radical (unpaired) electrons. The second kappa shape index (κ2) is 15.7. The van der Waals surface area contributed by atoms with E-state index < -0.39 is 60.2 Å². The van der Waals surface area contributed by atoms with Crippen LogP contribution < -0.4 is 33.2 Å². The van der Waals surface area contributed by atoms with Gasteiger partial charge in [-0.1, -0.05) is 18.2 Å². The molecule has 44 heavy (non-hydrogen) atoms. The third kappa shape index (κ3) is 9.83. The average Bonchev–Trinajstić information content (AvgIpc) is 3.63. The van der Waals surface area contributed by atoms with E-state index in [0.717, 1.165) is 10.9 Å². The molecule has 3 rings (SSSR count). The van der Waals surface area contributed by atoms with E-state index in [2.05, 4.69) is 35.9 Å². The van der Waals surface area contributed by atoms with Crippen LogP contribution in [0.2, 0.25) is 0 Å². The second-order valence-electron chi connectivity index (χ2n) is 10.0. The number of guanidine groups is 1. The number of fused-ring (bicyclic) bond motifs is 1. The van der Waals surface area contributed by atoms with Crippen molar-refractivity contribution in [3.8, 4) is 0 Å². The van der Waals surface area contributed by atoms with Gasteiger partial charge in [-0.25, -0.2) is 9.78 Å². The molecule has 2 heterocycles. The second-order valence-corrected chi connectivity index (χ2v) is 10.0. The number of aliphatic carboxylic acids is 2. The highest BCUT2D eigenvalue weighted by Crippen LogP contribution is 2.19. The minimum Gasteiger partial charge on any atom is -0.481 e. The summed E-state index contributed by atoms with van der Waals surface area (Å²) in [5, 5.41) is 27.1. The summed E-state index contributed by atoms with van der Waals surface area (Å²) >= 11 is 0. The molecule has 0 spiro atoms. The number of para-hydroxylation sites is 1. The number of carbonyl (C=O) groups excluding carboxylic acids is 3. The van der Waals surface area contributed by atoms with E-state index in [9.17, 15) is 29.1 Å². The molecule has 0 bridgehead atoms. The van der Waals surface area contributed by atoms with Crippen LogP contribution in [0.15, 0.2) is 48.0 Å². The fourth-order valence-electron chi connectivity index (χ4n) is 4.42. The summed E-state index contributed by atoms with van der Waals surface area (Å²) in [5.74, 6) is -5.22. The summed E-state index contributed by atoms with van der Waals surface area (Å²) < 4.78 is 0. The number of carbonyl (C=O) groups is 5. The molecule has 0 saturated heterocycles. The van der Waals surface area contributed by atoms with Gasteiger partial charge in [-0.15, -0.1) is 0 Å². The number of hydrogen-bond acceptors (Lipinski definition) is 8. The molecule has 4 unspecified atom stereocenters. The first-order valence-corrected chi connectivity index (χ1v) is 13.6. The predicted molar refractivity (Wildman–Crippen MR) is 158 cm³/mol. The van der Waals surface area contributed by atoms with Gasteiger partial charge in [0.25, 0.3) is 0 Å². The Morgan fingerprint density at radius 2 is 1.57 bits per heavy atom. The lowest BCUT2D eigenvalue weighted by molar-refractivity contribution is -0.142. The summed E-state index contributed by atoms with van der Waals surface area (Å²) in [5.41, 5.74) is 18.2. The Kier molecular flexibility index (Phi) is 11.8. The molecule has 236 valence electrons. The molecule has 3 amide bonds. The zero-order chi connectivity index (χ0) is 32.2. The van der Waals surface area contributed by atoms with Crippen molar-refractivity contribution >= 4 is 46.5 Å². The van der Waals surface area contributed by atoms with Gasteiger partial charge < -0.3 is 53.3 Å². The number of H-pyrrole nitrogens is 2. The first kappa shape index (κ1) is 33.1. The molecule has 3 aromatic rings. The topological polar surface area (TPSA) is 297 Å². The van der Waals surface area contributed by atoms with Crippen molar-refractivity contribution in [1.29, 1.82) is 0 Å². The third-order valence-corrected chi connectivity index (χ3v) is 6.63. The van der Waals surface area contributed by atoms with Gasteiger partial charge >= 0.3 is 11.9 Å². The molecular formula is C27H36N10O7. The van der Waals surface area contributed by atoms with Crippen molar-refractivity contribution in [1.82, 2.24) is 30.9 Å². The number of carboxylic acids is 2. The van der Waals surface area contributed by atoms with Crippen LogP contribution >= 0.6 is 0 Å². The van der Waals surface area contributed by atoms with Crippen molar-refractivity contribution in [2.75, 3.05) is 6.54 Å². The monoisotopic (exact) mass is 612 g/mol. The van der Waals surface area contributed by atoms with Crippen LogP contribution in [0.5, 0.6) is 0 Å². The van der Waals surface area contributed by atoms with Gasteiger partial charge in [0.05, 0.1) is 18.8 Å².